The van der Waals surface area contributed by atoms with Gasteiger partial charge >= 0.3 is 0 Å². The molecule has 0 saturated heterocycles. The molecule has 2 heteroatoms. The fraction of sp³-hybridized carbons (Fsp3) is 0.467. The van der Waals surface area contributed by atoms with E-state index in [0.29, 0.717) is 18.3 Å². The highest BCUT2D eigenvalue weighted by Crippen LogP contribution is 2.28. The first-order valence-electron chi connectivity index (χ1n) is 6.20. The molecule has 1 N–H and O–H groups in total. The van der Waals surface area contributed by atoms with Gasteiger partial charge in [-0.15, -0.1) is 0 Å². The third kappa shape index (κ3) is 3.81. The zero-order chi connectivity index (χ0) is 12.8. The van der Waals surface area contributed by atoms with E-state index in [-0.39, 0.29) is 5.75 Å². The van der Waals surface area contributed by atoms with Gasteiger partial charge in [0.05, 0.1) is 6.61 Å². The number of benzene rings is 1. The predicted octanol–water partition coefficient (Wildman–Crippen LogP) is 3.94. The van der Waals surface area contributed by atoms with Crippen molar-refractivity contribution in [1.82, 2.24) is 0 Å². The van der Waals surface area contributed by atoms with Crippen LogP contribution in [0.2, 0.25) is 0 Å². The zero-order valence-electron chi connectivity index (χ0n) is 11.0. The van der Waals surface area contributed by atoms with Crippen molar-refractivity contribution in [3.8, 4) is 11.5 Å². The molecule has 0 amide bonds. The van der Waals surface area contributed by atoms with Crippen molar-refractivity contribution < 1.29 is 9.84 Å². The van der Waals surface area contributed by atoms with E-state index in [9.17, 15) is 5.11 Å². The lowest BCUT2D eigenvalue weighted by molar-refractivity contribution is 0.317. The first-order valence-corrected chi connectivity index (χ1v) is 6.20. The predicted molar refractivity (Wildman–Crippen MR) is 71.6 cm³/mol. The van der Waals surface area contributed by atoms with Crippen LogP contribution in [-0.4, -0.2) is 11.7 Å². The van der Waals surface area contributed by atoms with Crippen LogP contribution in [-0.2, 0) is 6.42 Å². The maximum absolute atomic E-state index is 9.61. The van der Waals surface area contributed by atoms with Crippen LogP contribution < -0.4 is 4.74 Å². The van der Waals surface area contributed by atoms with Crippen LogP contribution in [0.25, 0.3) is 0 Å². The van der Waals surface area contributed by atoms with Crippen LogP contribution in [0.1, 0.15) is 32.8 Å². The van der Waals surface area contributed by atoms with Gasteiger partial charge in [-0.25, -0.2) is 0 Å². The van der Waals surface area contributed by atoms with Gasteiger partial charge in [-0.05, 0) is 43.4 Å². The van der Waals surface area contributed by atoms with E-state index in [4.69, 9.17) is 4.74 Å². The summed E-state index contributed by atoms with van der Waals surface area (Å²) >= 11 is 0. The van der Waals surface area contributed by atoms with Gasteiger partial charge in [0.1, 0.15) is 0 Å². The fourth-order valence-corrected chi connectivity index (χ4v) is 1.80. The van der Waals surface area contributed by atoms with Gasteiger partial charge in [0.15, 0.2) is 11.5 Å². The number of rotatable bonds is 6. The zero-order valence-corrected chi connectivity index (χ0v) is 11.0. The number of hydrogen-bond acceptors (Lipinski definition) is 2. The molecule has 1 aromatic rings. The SMILES string of the molecule is C=C(CC)C(C)Cc1ccc(O)c(OCC)c1. The Balaban J connectivity index is 2.78. The smallest absolute Gasteiger partial charge is 0.161 e. The molecule has 0 saturated carbocycles. The second-order valence-electron chi connectivity index (χ2n) is 4.35. The molecule has 0 fully saturated rings. The molecule has 0 spiro atoms. The summed E-state index contributed by atoms with van der Waals surface area (Å²) in [5, 5.41) is 9.61. The molecule has 17 heavy (non-hydrogen) atoms. The van der Waals surface area contributed by atoms with Crippen molar-refractivity contribution in [1.29, 1.82) is 0 Å². The van der Waals surface area contributed by atoms with Crippen molar-refractivity contribution in [3.63, 3.8) is 0 Å². The van der Waals surface area contributed by atoms with Crippen LogP contribution in [0.4, 0.5) is 0 Å². The average molecular weight is 234 g/mol. The van der Waals surface area contributed by atoms with Crippen LogP contribution in [0, 0.1) is 5.92 Å². The quantitative estimate of drug-likeness (QED) is 0.755. The average Bonchev–Trinajstić information content (AvgIpc) is 2.32. The van der Waals surface area contributed by atoms with E-state index >= 15 is 0 Å². The summed E-state index contributed by atoms with van der Waals surface area (Å²) in [5.41, 5.74) is 2.43. The van der Waals surface area contributed by atoms with E-state index in [1.54, 1.807) is 6.07 Å². The highest BCUT2D eigenvalue weighted by molar-refractivity contribution is 5.42. The molecule has 94 valence electrons. The van der Waals surface area contributed by atoms with Gasteiger partial charge in [0.25, 0.3) is 0 Å². The lowest BCUT2D eigenvalue weighted by Gasteiger charge is -2.14. The van der Waals surface area contributed by atoms with Gasteiger partial charge in [0.2, 0.25) is 0 Å². The summed E-state index contributed by atoms with van der Waals surface area (Å²) in [4.78, 5) is 0. The molecule has 0 aliphatic heterocycles. The van der Waals surface area contributed by atoms with E-state index in [1.807, 2.05) is 19.1 Å². The molecule has 1 atom stereocenters. The van der Waals surface area contributed by atoms with Gasteiger partial charge in [-0.2, -0.15) is 0 Å². The highest BCUT2D eigenvalue weighted by Gasteiger charge is 2.09. The Hall–Kier alpha value is -1.44. The van der Waals surface area contributed by atoms with Crippen molar-refractivity contribution in [2.24, 2.45) is 5.92 Å². The van der Waals surface area contributed by atoms with Gasteiger partial charge in [0, 0.05) is 0 Å². The van der Waals surface area contributed by atoms with Crippen LogP contribution >= 0.6 is 0 Å². The van der Waals surface area contributed by atoms with E-state index in [0.717, 1.165) is 12.8 Å². The second kappa shape index (κ2) is 6.33. The van der Waals surface area contributed by atoms with Crippen molar-refractivity contribution in [3.05, 3.63) is 35.9 Å². The van der Waals surface area contributed by atoms with Crippen LogP contribution in [0.15, 0.2) is 30.4 Å². The number of hydrogen-bond donors (Lipinski definition) is 1. The molecular formula is C15H22O2. The Morgan fingerprint density at radius 1 is 1.41 bits per heavy atom. The minimum atomic E-state index is 0.206. The van der Waals surface area contributed by atoms with E-state index in [2.05, 4.69) is 20.4 Å². The van der Waals surface area contributed by atoms with Gasteiger partial charge < -0.3 is 9.84 Å². The second-order valence-corrected chi connectivity index (χ2v) is 4.35. The summed E-state index contributed by atoms with van der Waals surface area (Å²) in [6.45, 7) is 10.8. The van der Waals surface area contributed by atoms with E-state index in [1.165, 1.54) is 11.1 Å². The first-order chi connectivity index (χ1) is 8.08. The summed E-state index contributed by atoms with van der Waals surface area (Å²) in [7, 11) is 0. The number of phenolic OH excluding ortho intramolecular Hbond substituents is 1. The normalized spacial score (nSPS) is 12.2. The lowest BCUT2D eigenvalue weighted by atomic mass is 9.93. The minimum absolute atomic E-state index is 0.206. The Kier molecular flexibility index (Phi) is 5.08. The molecule has 0 bridgehead atoms. The van der Waals surface area contributed by atoms with Crippen LogP contribution in [0.3, 0.4) is 0 Å². The van der Waals surface area contributed by atoms with Crippen molar-refractivity contribution in [2.75, 3.05) is 6.61 Å². The molecule has 0 heterocycles. The Morgan fingerprint density at radius 3 is 2.71 bits per heavy atom. The summed E-state index contributed by atoms with van der Waals surface area (Å²) in [6.07, 6.45) is 1.95. The molecule has 1 rings (SSSR count). The molecule has 0 radical (unpaired) electrons. The minimum Gasteiger partial charge on any atom is -0.504 e. The molecule has 0 aliphatic rings. The summed E-state index contributed by atoms with van der Waals surface area (Å²) in [6, 6.07) is 5.55. The lowest BCUT2D eigenvalue weighted by Crippen LogP contribution is -2.02. The molecule has 0 aromatic heterocycles. The van der Waals surface area contributed by atoms with E-state index < -0.39 is 0 Å². The fourth-order valence-electron chi connectivity index (χ4n) is 1.80. The molecule has 0 aliphatic carbocycles. The Bertz CT molecular complexity index is 383. The number of ether oxygens (including phenoxy) is 1. The molecule has 1 aromatic carbocycles. The van der Waals surface area contributed by atoms with Gasteiger partial charge in [-0.3, -0.25) is 0 Å². The molecular weight excluding hydrogens is 212 g/mol. The monoisotopic (exact) mass is 234 g/mol. The van der Waals surface area contributed by atoms with Gasteiger partial charge in [-0.1, -0.05) is 32.1 Å². The topological polar surface area (TPSA) is 29.5 Å². The summed E-state index contributed by atoms with van der Waals surface area (Å²) in [5.74, 6) is 1.23. The molecule has 2 nitrogen and oxygen atoms in total. The Morgan fingerprint density at radius 2 is 2.12 bits per heavy atom. The Labute approximate surface area is 104 Å². The third-order valence-electron chi connectivity index (χ3n) is 3.02. The van der Waals surface area contributed by atoms with Crippen molar-refractivity contribution in [2.45, 2.75) is 33.6 Å². The number of allylic oxidation sites excluding steroid dienone is 1. The third-order valence-corrected chi connectivity index (χ3v) is 3.02. The molecule has 1 unspecified atom stereocenters. The maximum Gasteiger partial charge on any atom is 0.161 e. The summed E-state index contributed by atoms with van der Waals surface area (Å²) < 4.78 is 5.37. The highest BCUT2D eigenvalue weighted by atomic mass is 16.5. The number of aromatic hydroxyl groups is 1. The van der Waals surface area contributed by atoms with Crippen molar-refractivity contribution >= 4 is 0 Å². The number of phenols is 1. The first kappa shape index (κ1) is 13.6. The van der Waals surface area contributed by atoms with Crippen LogP contribution in [0.5, 0.6) is 11.5 Å². The maximum atomic E-state index is 9.61. The standard InChI is InChI=1S/C15H22O2/c1-5-11(3)12(4)9-13-7-8-14(16)15(10-13)17-6-2/h7-8,10,12,16H,3,5-6,9H2,1-2,4H3. The largest absolute Gasteiger partial charge is 0.504 e.